The van der Waals surface area contributed by atoms with Crippen LogP contribution in [0, 0.1) is 5.41 Å². The number of anilines is 2. The first-order valence-corrected chi connectivity index (χ1v) is 6.99. The molecule has 5 heteroatoms. The minimum Gasteiger partial charge on any atom is -0.492 e. The topological polar surface area (TPSA) is 67.6 Å². The molecule has 1 atom stereocenters. The third-order valence-electron chi connectivity index (χ3n) is 3.91. The number of hydrogen-bond acceptors (Lipinski definition) is 4. The van der Waals surface area contributed by atoms with Gasteiger partial charge in [-0.3, -0.25) is 4.79 Å². The van der Waals surface area contributed by atoms with Gasteiger partial charge in [-0.15, -0.1) is 0 Å². The third-order valence-corrected chi connectivity index (χ3v) is 3.91. The van der Waals surface area contributed by atoms with Gasteiger partial charge in [0.1, 0.15) is 5.75 Å². The molecule has 1 amide bonds. The van der Waals surface area contributed by atoms with Crippen molar-refractivity contribution in [2.24, 2.45) is 5.41 Å². The summed E-state index contributed by atoms with van der Waals surface area (Å²) in [5.41, 5.74) is 7.25. The summed E-state index contributed by atoms with van der Waals surface area (Å²) in [5.74, 6) is 0.805. The maximum Gasteiger partial charge on any atom is 0.227 e. The molecule has 0 saturated carbocycles. The zero-order valence-electron chi connectivity index (χ0n) is 12.4. The van der Waals surface area contributed by atoms with Gasteiger partial charge in [0, 0.05) is 31.9 Å². The SMILES string of the molecule is CCOc1cc(N2CCC(C)(C(=O)NC)C2)ccc1N. The highest BCUT2D eigenvalue weighted by molar-refractivity contribution is 5.83. The molecule has 2 rings (SSSR count). The molecule has 20 heavy (non-hydrogen) atoms. The van der Waals surface area contributed by atoms with E-state index in [4.69, 9.17) is 10.5 Å². The minimum absolute atomic E-state index is 0.0977. The highest BCUT2D eigenvalue weighted by Gasteiger charge is 2.39. The van der Waals surface area contributed by atoms with Crippen LogP contribution in [0.1, 0.15) is 20.3 Å². The Hall–Kier alpha value is -1.91. The molecule has 1 aliphatic heterocycles. The molecule has 0 aromatic heterocycles. The largest absolute Gasteiger partial charge is 0.492 e. The van der Waals surface area contributed by atoms with Crippen molar-refractivity contribution in [2.45, 2.75) is 20.3 Å². The van der Waals surface area contributed by atoms with Crippen molar-refractivity contribution < 1.29 is 9.53 Å². The van der Waals surface area contributed by atoms with E-state index in [0.717, 1.165) is 18.7 Å². The number of benzene rings is 1. The quantitative estimate of drug-likeness (QED) is 0.821. The van der Waals surface area contributed by atoms with Crippen LogP contribution in [-0.4, -0.2) is 32.7 Å². The van der Waals surface area contributed by atoms with Gasteiger partial charge in [0.2, 0.25) is 5.91 Å². The fourth-order valence-corrected chi connectivity index (χ4v) is 2.67. The molecule has 1 aromatic carbocycles. The molecule has 1 aliphatic rings. The number of nitrogens with one attached hydrogen (secondary N) is 1. The first kappa shape index (κ1) is 14.5. The van der Waals surface area contributed by atoms with Crippen LogP contribution in [-0.2, 0) is 4.79 Å². The molecule has 0 aliphatic carbocycles. The Kier molecular flexibility index (Phi) is 4.06. The van der Waals surface area contributed by atoms with Crippen molar-refractivity contribution >= 4 is 17.3 Å². The van der Waals surface area contributed by atoms with Crippen LogP contribution in [0.25, 0.3) is 0 Å². The number of amides is 1. The van der Waals surface area contributed by atoms with Crippen LogP contribution in [0.3, 0.4) is 0 Å². The highest BCUT2D eigenvalue weighted by Crippen LogP contribution is 2.36. The Morgan fingerprint density at radius 2 is 2.30 bits per heavy atom. The number of ether oxygens (including phenoxy) is 1. The molecule has 0 radical (unpaired) electrons. The van der Waals surface area contributed by atoms with E-state index in [1.807, 2.05) is 32.0 Å². The van der Waals surface area contributed by atoms with Gasteiger partial charge in [0.05, 0.1) is 17.7 Å². The summed E-state index contributed by atoms with van der Waals surface area (Å²) in [4.78, 5) is 14.2. The van der Waals surface area contributed by atoms with Gasteiger partial charge in [0.15, 0.2) is 0 Å². The lowest BCUT2D eigenvalue weighted by molar-refractivity contribution is -0.128. The van der Waals surface area contributed by atoms with Gasteiger partial charge >= 0.3 is 0 Å². The fourth-order valence-electron chi connectivity index (χ4n) is 2.67. The summed E-state index contributed by atoms with van der Waals surface area (Å²) >= 11 is 0. The van der Waals surface area contributed by atoms with Crippen molar-refractivity contribution in [3.8, 4) is 5.75 Å². The highest BCUT2D eigenvalue weighted by atomic mass is 16.5. The zero-order valence-corrected chi connectivity index (χ0v) is 12.4. The molecular weight excluding hydrogens is 254 g/mol. The molecule has 0 spiro atoms. The summed E-state index contributed by atoms with van der Waals surface area (Å²) < 4.78 is 5.53. The van der Waals surface area contributed by atoms with Crippen molar-refractivity contribution in [2.75, 3.05) is 37.4 Å². The number of carbonyl (C=O) groups excluding carboxylic acids is 1. The first-order valence-electron chi connectivity index (χ1n) is 6.99. The molecule has 1 fully saturated rings. The van der Waals surface area contributed by atoms with Crippen LogP contribution >= 0.6 is 0 Å². The van der Waals surface area contributed by atoms with E-state index < -0.39 is 0 Å². The summed E-state index contributed by atoms with van der Waals surface area (Å²) in [5, 5.41) is 2.75. The number of rotatable bonds is 4. The van der Waals surface area contributed by atoms with Gasteiger partial charge in [-0.1, -0.05) is 0 Å². The second kappa shape index (κ2) is 5.61. The average molecular weight is 277 g/mol. The molecule has 3 N–H and O–H groups in total. The average Bonchev–Trinajstić information content (AvgIpc) is 2.84. The normalized spacial score (nSPS) is 21.9. The Morgan fingerprint density at radius 1 is 1.55 bits per heavy atom. The Labute approximate surface area is 120 Å². The summed E-state index contributed by atoms with van der Waals surface area (Å²) in [6, 6.07) is 5.79. The van der Waals surface area contributed by atoms with Crippen molar-refractivity contribution in [1.29, 1.82) is 0 Å². The van der Waals surface area contributed by atoms with Crippen LogP contribution in [0.5, 0.6) is 5.75 Å². The van der Waals surface area contributed by atoms with Crippen LogP contribution in [0.2, 0.25) is 0 Å². The predicted octanol–water partition coefficient (Wildman–Crippen LogP) is 1.63. The molecule has 1 aromatic rings. The third kappa shape index (κ3) is 2.66. The molecule has 1 heterocycles. The van der Waals surface area contributed by atoms with Crippen LogP contribution in [0.4, 0.5) is 11.4 Å². The minimum atomic E-state index is -0.331. The van der Waals surface area contributed by atoms with Gasteiger partial charge in [-0.05, 0) is 32.4 Å². The Balaban J connectivity index is 2.18. The van der Waals surface area contributed by atoms with Gasteiger partial charge in [-0.25, -0.2) is 0 Å². The summed E-state index contributed by atoms with van der Waals surface area (Å²) in [6.45, 7) is 6.10. The molecule has 1 unspecified atom stereocenters. The number of nitrogens with two attached hydrogens (primary N) is 1. The standard InChI is InChI=1S/C15H23N3O2/c1-4-20-13-9-11(5-6-12(13)16)18-8-7-15(2,10-18)14(19)17-3/h5-6,9H,4,7-8,10,16H2,1-3H3,(H,17,19). The van der Waals surface area contributed by atoms with E-state index in [1.54, 1.807) is 7.05 Å². The van der Waals surface area contributed by atoms with E-state index >= 15 is 0 Å². The van der Waals surface area contributed by atoms with Crippen LogP contribution in [0.15, 0.2) is 18.2 Å². The van der Waals surface area contributed by atoms with Gasteiger partial charge in [0.25, 0.3) is 0 Å². The molecular formula is C15H23N3O2. The number of nitrogen functional groups attached to an aromatic ring is 1. The van der Waals surface area contributed by atoms with Crippen molar-refractivity contribution in [3.63, 3.8) is 0 Å². The first-order chi connectivity index (χ1) is 9.50. The zero-order chi connectivity index (χ0) is 14.8. The monoisotopic (exact) mass is 277 g/mol. The second-order valence-corrected chi connectivity index (χ2v) is 5.47. The van der Waals surface area contributed by atoms with Gasteiger partial charge in [-0.2, -0.15) is 0 Å². The molecule has 0 bridgehead atoms. The Morgan fingerprint density at radius 3 is 2.95 bits per heavy atom. The lowest BCUT2D eigenvalue weighted by Gasteiger charge is -2.24. The lowest BCUT2D eigenvalue weighted by Crippen LogP contribution is -2.39. The maximum absolute atomic E-state index is 12.0. The number of carbonyl (C=O) groups is 1. The van der Waals surface area contributed by atoms with E-state index in [2.05, 4.69) is 10.2 Å². The van der Waals surface area contributed by atoms with E-state index in [1.165, 1.54) is 0 Å². The maximum atomic E-state index is 12.0. The summed E-state index contributed by atoms with van der Waals surface area (Å²) in [6.07, 6.45) is 0.848. The lowest BCUT2D eigenvalue weighted by atomic mass is 9.89. The molecule has 1 saturated heterocycles. The van der Waals surface area contributed by atoms with E-state index in [9.17, 15) is 4.79 Å². The molecule has 110 valence electrons. The Bertz CT molecular complexity index is 504. The smallest absolute Gasteiger partial charge is 0.227 e. The molecule has 5 nitrogen and oxygen atoms in total. The predicted molar refractivity (Wildman–Crippen MR) is 81.0 cm³/mol. The second-order valence-electron chi connectivity index (χ2n) is 5.47. The van der Waals surface area contributed by atoms with Gasteiger partial charge < -0.3 is 20.7 Å². The van der Waals surface area contributed by atoms with Crippen molar-refractivity contribution in [3.05, 3.63) is 18.2 Å². The number of hydrogen-bond donors (Lipinski definition) is 2. The summed E-state index contributed by atoms with van der Waals surface area (Å²) in [7, 11) is 1.69. The van der Waals surface area contributed by atoms with E-state index in [0.29, 0.717) is 24.6 Å². The van der Waals surface area contributed by atoms with E-state index in [-0.39, 0.29) is 11.3 Å². The van der Waals surface area contributed by atoms with Crippen molar-refractivity contribution in [1.82, 2.24) is 5.32 Å². The fraction of sp³-hybridized carbons (Fsp3) is 0.533. The van der Waals surface area contributed by atoms with Crippen LogP contribution < -0.4 is 20.7 Å². The number of nitrogens with zero attached hydrogens (tertiary/aromatic N) is 1.